The van der Waals surface area contributed by atoms with Gasteiger partial charge in [0, 0.05) is 22.2 Å². The molecule has 1 amide bonds. The number of amides is 1. The van der Waals surface area contributed by atoms with E-state index in [1.54, 1.807) is 20.0 Å². The third-order valence-corrected chi connectivity index (χ3v) is 5.22. The maximum Gasteiger partial charge on any atom is 0.272 e. The van der Waals surface area contributed by atoms with Crippen LogP contribution in [0.1, 0.15) is 47.9 Å². The minimum Gasteiger partial charge on any atom is -0.394 e. The molecule has 2 aliphatic rings. The van der Waals surface area contributed by atoms with Gasteiger partial charge < -0.3 is 10.4 Å². The molecule has 0 bridgehead atoms. The number of aromatic nitrogens is 3. The van der Waals surface area contributed by atoms with E-state index in [-0.39, 0.29) is 12.5 Å². The minimum absolute atomic E-state index is 0.124. The molecule has 24 heavy (non-hydrogen) atoms. The molecule has 0 spiro atoms. The third-order valence-electron chi connectivity index (χ3n) is 4.75. The highest BCUT2D eigenvalue weighted by Crippen LogP contribution is 2.57. The van der Waals surface area contributed by atoms with Gasteiger partial charge in [-0.15, -0.1) is 0 Å². The Labute approximate surface area is 148 Å². The molecule has 1 saturated carbocycles. The average molecular weight is 391 g/mol. The number of fused-ring (bicyclic) bond motifs is 3. The zero-order chi connectivity index (χ0) is 17.1. The zero-order valence-corrected chi connectivity index (χ0v) is 15.2. The topological polar surface area (TPSA) is 80.0 Å². The third kappa shape index (κ3) is 2.56. The van der Waals surface area contributed by atoms with E-state index in [9.17, 15) is 9.90 Å². The van der Waals surface area contributed by atoms with Crippen LogP contribution < -0.4 is 5.32 Å². The smallest absolute Gasteiger partial charge is 0.272 e. The summed E-state index contributed by atoms with van der Waals surface area (Å²) in [5, 5.41) is 16.8. The minimum atomic E-state index is -0.675. The Balaban J connectivity index is 1.75. The number of carbonyl (C=O) groups is 1. The SMILES string of the molecule is CC(C)(CO)NC(=O)c1nn(-c2ccc(Br)cn2)c2c1C[C@H]1C[C@@H]21. The van der Waals surface area contributed by atoms with Gasteiger partial charge in [-0.3, -0.25) is 4.79 Å². The second kappa shape index (κ2) is 5.39. The van der Waals surface area contributed by atoms with Crippen molar-refractivity contribution in [3.63, 3.8) is 0 Å². The molecule has 2 atom stereocenters. The zero-order valence-electron chi connectivity index (χ0n) is 13.6. The highest BCUT2D eigenvalue weighted by molar-refractivity contribution is 9.10. The van der Waals surface area contributed by atoms with Gasteiger partial charge >= 0.3 is 0 Å². The second-order valence-electron chi connectivity index (χ2n) is 7.26. The fourth-order valence-corrected chi connectivity index (χ4v) is 3.61. The number of carbonyl (C=O) groups excluding carboxylic acids is 1. The summed E-state index contributed by atoms with van der Waals surface area (Å²) in [4.78, 5) is 17.1. The maximum absolute atomic E-state index is 12.7. The van der Waals surface area contributed by atoms with E-state index in [1.807, 2.05) is 16.8 Å². The van der Waals surface area contributed by atoms with Gasteiger partial charge in [0.15, 0.2) is 11.5 Å². The predicted molar refractivity (Wildman–Crippen MR) is 92.2 cm³/mol. The molecule has 2 aliphatic carbocycles. The molecule has 0 saturated heterocycles. The number of aliphatic hydroxyl groups excluding tert-OH is 1. The van der Waals surface area contributed by atoms with Gasteiger partial charge in [-0.05, 0) is 60.7 Å². The summed E-state index contributed by atoms with van der Waals surface area (Å²) in [7, 11) is 0. The van der Waals surface area contributed by atoms with E-state index in [0.717, 1.165) is 28.0 Å². The number of pyridine rings is 1. The number of nitrogens with one attached hydrogen (secondary N) is 1. The molecular weight excluding hydrogens is 372 g/mol. The van der Waals surface area contributed by atoms with Crippen molar-refractivity contribution in [3.8, 4) is 5.82 Å². The van der Waals surface area contributed by atoms with E-state index in [2.05, 4.69) is 31.3 Å². The average Bonchev–Trinajstić information content (AvgIpc) is 3.04. The first kappa shape index (κ1) is 15.8. The molecule has 2 aromatic rings. The Bertz CT molecular complexity index is 813. The van der Waals surface area contributed by atoms with Gasteiger partial charge in [-0.1, -0.05) is 0 Å². The summed E-state index contributed by atoms with van der Waals surface area (Å²) in [6.07, 6.45) is 3.80. The lowest BCUT2D eigenvalue weighted by molar-refractivity contribution is 0.0863. The summed E-state index contributed by atoms with van der Waals surface area (Å²) < 4.78 is 2.72. The van der Waals surface area contributed by atoms with Crippen LogP contribution in [-0.4, -0.2) is 37.9 Å². The van der Waals surface area contributed by atoms with Gasteiger partial charge in [-0.25, -0.2) is 9.67 Å². The molecule has 0 radical (unpaired) electrons. The van der Waals surface area contributed by atoms with Crippen LogP contribution in [0.4, 0.5) is 0 Å². The van der Waals surface area contributed by atoms with E-state index >= 15 is 0 Å². The van der Waals surface area contributed by atoms with Crippen LogP contribution in [0.5, 0.6) is 0 Å². The standard InChI is InChI=1S/C17H19BrN4O2/c1-17(2,8-23)20-16(24)14-12-6-9-5-11(9)15(12)22(21-14)13-4-3-10(18)7-19-13/h3-4,7,9,11,23H,5-6,8H2,1-2H3,(H,20,24)/t9-,11-/m1/s1. The summed E-state index contributed by atoms with van der Waals surface area (Å²) in [5.41, 5.74) is 1.95. The number of hydrogen-bond acceptors (Lipinski definition) is 4. The summed E-state index contributed by atoms with van der Waals surface area (Å²) in [6, 6.07) is 3.82. The first-order chi connectivity index (χ1) is 11.4. The lowest BCUT2D eigenvalue weighted by Crippen LogP contribution is -2.46. The van der Waals surface area contributed by atoms with Crippen LogP contribution in [0.25, 0.3) is 5.82 Å². The Morgan fingerprint density at radius 2 is 2.29 bits per heavy atom. The van der Waals surface area contributed by atoms with Crippen molar-refractivity contribution in [1.82, 2.24) is 20.1 Å². The largest absolute Gasteiger partial charge is 0.394 e. The van der Waals surface area contributed by atoms with E-state index in [4.69, 9.17) is 0 Å². The maximum atomic E-state index is 12.7. The molecule has 2 heterocycles. The number of rotatable bonds is 4. The van der Waals surface area contributed by atoms with Gasteiger partial charge in [0.05, 0.1) is 17.8 Å². The normalized spacial score (nSPS) is 21.3. The predicted octanol–water partition coefficient (Wildman–Crippen LogP) is 2.19. The Kier molecular flexibility index (Phi) is 3.54. The fourth-order valence-electron chi connectivity index (χ4n) is 3.37. The van der Waals surface area contributed by atoms with Crippen molar-refractivity contribution >= 4 is 21.8 Å². The van der Waals surface area contributed by atoms with Crippen molar-refractivity contribution < 1.29 is 9.90 Å². The lowest BCUT2D eigenvalue weighted by Gasteiger charge is -2.23. The molecule has 6 nitrogen and oxygen atoms in total. The molecule has 1 fully saturated rings. The van der Waals surface area contributed by atoms with Crippen LogP contribution in [0.15, 0.2) is 22.8 Å². The fraction of sp³-hybridized carbons (Fsp3) is 0.471. The van der Waals surface area contributed by atoms with Crippen LogP contribution in [0, 0.1) is 5.92 Å². The van der Waals surface area contributed by atoms with Crippen LogP contribution >= 0.6 is 15.9 Å². The van der Waals surface area contributed by atoms with E-state index in [1.165, 1.54) is 6.42 Å². The lowest BCUT2D eigenvalue weighted by atomic mass is 10.1. The van der Waals surface area contributed by atoms with Crippen molar-refractivity contribution in [2.45, 2.75) is 38.1 Å². The van der Waals surface area contributed by atoms with E-state index < -0.39 is 5.54 Å². The molecule has 126 valence electrons. The molecule has 2 N–H and O–H groups in total. The monoisotopic (exact) mass is 390 g/mol. The van der Waals surface area contributed by atoms with Crippen LogP contribution in [-0.2, 0) is 6.42 Å². The highest BCUT2D eigenvalue weighted by atomic mass is 79.9. The molecular formula is C17H19BrN4O2. The second-order valence-corrected chi connectivity index (χ2v) is 8.18. The summed E-state index contributed by atoms with van der Waals surface area (Å²) >= 11 is 3.39. The van der Waals surface area contributed by atoms with Gasteiger partial charge in [0.25, 0.3) is 5.91 Å². The Hall–Kier alpha value is -1.73. The molecule has 0 unspecified atom stereocenters. The Morgan fingerprint density at radius 3 is 2.96 bits per heavy atom. The number of aliphatic hydroxyl groups is 1. The molecule has 4 rings (SSSR count). The molecule has 0 aliphatic heterocycles. The van der Waals surface area contributed by atoms with Crippen molar-refractivity contribution in [2.24, 2.45) is 5.92 Å². The molecule has 2 aromatic heterocycles. The van der Waals surface area contributed by atoms with Crippen molar-refractivity contribution in [2.75, 3.05) is 6.61 Å². The van der Waals surface area contributed by atoms with E-state index in [0.29, 0.717) is 17.5 Å². The number of nitrogens with zero attached hydrogens (tertiary/aromatic N) is 3. The first-order valence-corrected chi connectivity index (χ1v) is 8.86. The van der Waals surface area contributed by atoms with Gasteiger partial charge in [0.2, 0.25) is 0 Å². The summed E-state index contributed by atoms with van der Waals surface area (Å²) in [5.74, 6) is 1.62. The van der Waals surface area contributed by atoms with Gasteiger partial charge in [0.1, 0.15) is 0 Å². The molecule has 0 aromatic carbocycles. The van der Waals surface area contributed by atoms with Crippen molar-refractivity contribution in [3.05, 3.63) is 39.8 Å². The van der Waals surface area contributed by atoms with Gasteiger partial charge in [-0.2, -0.15) is 5.10 Å². The van der Waals surface area contributed by atoms with Crippen LogP contribution in [0.2, 0.25) is 0 Å². The summed E-state index contributed by atoms with van der Waals surface area (Å²) in [6.45, 7) is 3.45. The molecule has 7 heteroatoms. The number of hydrogen-bond donors (Lipinski definition) is 2. The highest BCUT2D eigenvalue weighted by Gasteiger charge is 2.50. The van der Waals surface area contributed by atoms with Crippen LogP contribution in [0.3, 0.4) is 0 Å². The van der Waals surface area contributed by atoms with Crippen molar-refractivity contribution in [1.29, 1.82) is 0 Å². The first-order valence-electron chi connectivity index (χ1n) is 8.07. The number of halogens is 1. The quantitative estimate of drug-likeness (QED) is 0.838. The Morgan fingerprint density at radius 1 is 1.50 bits per heavy atom.